The molecule has 1 N–H and O–H groups in total. The molecule has 0 fully saturated rings. The second-order valence-electron chi connectivity index (χ2n) is 1.81. The number of ether oxygens (including phenoxy) is 1. The van der Waals surface area contributed by atoms with Crippen molar-refractivity contribution in [3.8, 4) is 6.07 Å². The van der Waals surface area contributed by atoms with Gasteiger partial charge < -0.3 is 10.1 Å². The van der Waals surface area contributed by atoms with Crippen LogP contribution in [0, 0.1) is 11.3 Å². The van der Waals surface area contributed by atoms with Crippen molar-refractivity contribution in [3.05, 3.63) is 11.8 Å². The molecule has 0 atom stereocenters. The molecule has 0 aliphatic heterocycles. The van der Waals surface area contributed by atoms with Crippen LogP contribution in [-0.2, 0) is 4.74 Å². The summed E-state index contributed by atoms with van der Waals surface area (Å²) in [5, 5.41) is 11.3. The van der Waals surface area contributed by atoms with E-state index in [1.54, 1.807) is 20.4 Å². The first kappa shape index (κ1) is 8.99. The minimum Gasteiger partial charge on any atom is -0.393 e. The number of nitrogens with one attached hydrogen (secondary N) is 1. The third-order valence-corrected chi connectivity index (χ3v) is 1.04. The molecule has 0 heterocycles. The van der Waals surface area contributed by atoms with Gasteiger partial charge in [0, 0.05) is 32.4 Å². The van der Waals surface area contributed by atoms with Gasteiger partial charge in [-0.05, 0) is 0 Å². The van der Waals surface area contributed by atoms with Crippen molar-refractivity contribution in [3.63, 3.8) is 0 Å². The average molecular weight is 140 g/mol. The second kappa shape index (κ2) is 6.12. The number of hydrogen-bond donors (Lipinski definition) is 1. The molecule has 3 nitrogen and oxygen atoms in total. The molecule has 3 heteroatoms. The Morgan fingerprint density at radius 1 is 1.80 bits per heavy atom. The van der Waals surface area contributed by atoms with Gasteiger partial charge in [0.25, 0.3) is 0 Å². The number of rotatable bonds is 4. The Bertz CT molecular complexity index is 146. The summed E-state index contributed by atoms with van der Waals surface area (Å²) in [6.45, 7) is 0.598. The van der Waals surface area contributed by atoms with Gasteiger partial charge in [-0.2, -0.15) is 5.26 Å². The van der Waals surface area contributed by atoms with E-state index in [1.807, 2.05) is 0 Å². The molecule has 56 valence electrons. The summed E-state index contributed by atoms with van der Waals surface area (Å²) in [4.78, 5) is 0. The van der Waals surface area contributed by atoms with Gasteiger partial charge in [0.2, 0.25) is 0 Å². The van der Waals surface area contributed by atoms with Gasteiger partial charge in [-0.1, -0.05) is 0 Å². The standard InChI is InChI=1S/C7H12N2O/c1-9-6-7(5-8)3-4-10-2/h6,9H,3-4H2,1-2H3/b7-6-. The lowest BCUT2D eigenvalue weighted by atomic mass is 10.2. The van der Waals surface area contributed by atoms with Crippen LogP contribution in [0.1, 0.15) is 6.42 Å². The number of methoxy groups -OCH3 is 1. The van der Waals surface area contributed by atoms with E-state index in [0.717, 1.165) is 0 Å². The molecule has 0 rings (SSSR count). The van der Waals surface area contributed by atoms with Crippen molar-refractivity contribution >= 4 is 0 Å². The SMILES string of the molecule is CN/C=C(\C#N)CCOC. The predicted molar refractivity (Wildman–Crippen MR) is 39.2 cm³/mol. The Morgan fingerprint density at radius 2 is 2.50 bits per heavy atom. The highest BCUT2D eigenvalue weighted by atomic mass is 16.5. The second-order valence-corrected chi connectivity index (χ2v) is 1.81. The summed E-state index contributed by atoms with van der Waals surface area (Å²) in [6, 6.07) is 2.06. The zero-order valence-corrected chi connectivity index (χ0v) is 6.35. The van der Waals surface area contributed by atoms with E-state index in [9.17, 15) is 0 Å². The van der Waals surface area contributed by atoms with E-state index in [4.69, 9.17) is 10.00 Å². The lowest BCUT2D eigenvalue weighted by Gasteiger charge is -1.95. The summed E-state index contributed by atoms with van der Waals surface area (Å²) < 4.78 is 4.80. The average Bonchev–Trinajstić information content (AvgIpc) is 1.98. The van der Waals surface area contributed by atoms with Crippen molar-refractivity contribution in [1.29, 1.82) is 5.26 Å². The van der Waals surface area contributed by atoms with E-state index in [2.05, 4.69) is 11.4 Å². The molecule has 0 amide bonds. The van der Waals surface area contributed by atoms with E-state index >= 15 is 0 Å². The molecule has 0 unspecified atom stereocenters. The fraction of sp³-hybridized carbons (Fsp3) is 0.571. The summed E-state index contributed by atoms with van der Waals surface area (Å²) in [5.41, 5.74) is 0.712. The van der Waals surface area contributed by atoms with Gasteiger partial charge in [-0.25, -0.2) is 0 Å². The Hall–Kier alpha value is -1.01. The predicted octanol–water partition coefficient (Wildman–Crippen LogP) is 0.650. The van der Waals surface area contributed by atoms with Crippen molar-refractivity contribution in [2.75, 3.05) is 20.8 Å². The molecule has 0 aliphatic rings. The quantitative estimate of drug-likeness (QED) is 0.583. The lowest BCUT2D eigenvalue weighted by molar-refractivity contribution is 0.203. The van der Waals surface area contributed by atoms with Crippen molar-refractivity contribution < 1.29 is 4.74 Å². The highest BCUT2D eigenvalue weighted by Gasteiger charge is 1.92. The molecule has 0 radical (unpaired) electrons. The largest absolute Gasteiger partial charge is 0.393 e. The number of hydrogen-bond acceptors (Lipinski definition) is 3. The van der Waals surface area contributed by atoms with Crippen LogP contribution in [0.15, 0.2) is 11.8 Å². The third kappa shape index (κ3) is 3.93. The zero-order valence-electron chi connectivity index (χ0n) is 6.35. The molecule has 0 aromatic carbocycles. The molecular weight excluding hydrogens is 128 g/mol. The van der Waals surface area contributed by atoms with Gasteiger partial charge in [0.15, 0.2) is 0 Å². The first-order chi connectivity index (χ1) is 4.85. The highest BCUT2D eigenvalue weighted by Crippen LogP contribution is 1.96. The lowest BCUT2D eigenvalue weighted by Crippen LogP contribution is -1.98. The zero-order chi connectivity index (χ0) is 7.82. The number of nitrogens with zero attached hydrogens (tertiary/aromatic N) is 1. The summed E-state index contributed by atoms with van der Waals surface area (Å²) >= 11 is 0. The van der Waals surface area contributed by atoms with Crippen LogP contribution >= 0.6 is 0 Å². The summed E-state index contributed by atoms with van der Waals surface area (Å²) in [5.74, 6) is 0. The van der Waals surface area contributed by atoms with Crippen LogP contribution in [0.5, 0.6) is 0 Å². The van der Waals surface area contributed by atoms with Crippen LogP contribution in [0.2, 0.25) is 0 Å². The molecule has 0 aliphatic carbocycles. The first-order valence-corrected chi connectivity index (χ1v) is 3.10. The van der Waals surface area contributed by atoms with Crippen LogP contribution in [0.4, 0.5) is 0 Å². The van der Waals surface area contributed by atoms with E-state index in [1.165, 1.54) is 0 Å². The molecular formula is C7H12N2O. The maximum Gasteiger partial charge on any atom is 0.0963 e. The van der Waals surface area contributed by atoms with Gasteiger partial charge in [0.05, 0.1) is 12.7 Å². The molecule has 0 spiro atoms. The van der Waals surface area contributed by atoms with E-state index in [-0.39, 0.29) is 0 Å². The van der Waals surface area contributed by atoms with E-state index in [0.29, 0.717) is 18.6 Å². The van der Waals surface area contributed by atoms with E-state index < -0.39 is 0 Å². The molecule has 0 saturated carbocycles. The topological polar surface area (TPSA) is 45.0 Å². The monoisotopic (exact) mass is 140 g/mol. The van der Waals surface area contributed by atoms with Crippen molar-refractivity contribution in [1.82, 2.24) is 5.32 Å². The summed E-state index contributed by atoms with van der Waals surface area (Å²) in [6.07, 6.45) is 2.35. The van der Waals surface area contributed by atoms with Gasteiger partial charge in [-0.15, -0.1) is 0 Å². The van der Waals surface area contributed by atoms with Crippen LogP contribution < -0.4 is 5.32 Å². The maximum atomic E-state index is 8.47. The fourth-order valence-electron chi connectivity index (χ4n) is 0.547. The van der Waals surface area contributed by atoms with Crippen molar-refractivity contribution in [2.24, 2.45) is 0 Å². The minimum atomic E-state index is 0.598. The minimum absolute atomic E-state index is 0.598. The molecule has 0 bridgehead atoms. The number of nitriles is 1. The molecule has 0 aromatic heterocycles. The Labute approximate surface area is 61.3 Å². The molecule has 0 saturated heterocycles. The van der Waals surface area contributed by atoms with Crippen molar-refractivity contribution in [2.45, 2.75) is 6.42 Å². The smallest absolute Gasteiger partial charge is 0.0963 e. The fourth-order valence-corrected chi connectivity index (χ4v) is 0.547. The molecule has 10 heavy (non-hydrogen) atoms. The van der Waals surface area contributed by atoms with Crippen LogP contribution in [0.25, 0.3) is 0 Å². The van der Waals surface area contributed by atoms with Gasteiger partial charge in [-0.3, -0.25) is 0 Å². The van der Waals surface area contributed by atoms with Crippen LogP contribution in [0.3, 0.4) is 0 Å². The van der Waals surface area contributed by atoms with Gasteiger partial charge >= 0.3 is 0 Å². The van der Waals surface area contributed by atoms with Gasteiger partial charge in [0.1, 0.15) is 0 Å². The van der Waals surface area contributed by atoms with Crippen LogP contribution in [-0.4, -0.2) is 20.8 Å². The maximum absolute atomic E-state index is 8.47. The third-order valence-electron chi connectivity index (χ3n) is 1.04. The summed E-state index contributed by atoms with van der Waals surface area (Å²) in [7, 11) is 3.39. The normalized spacial score (nSPS) is 10.7. The Morgan fingerprint density at radius 3 is 2.90 bits per heavy atom. The Kier molecular flexibility index (Phi) is 5.50. The molecule has 0 aromatic rings. The highest BCUT2D eigenvalue weighted by molar-refractivity contribution is 5.19. The Balaban J connectivity index is 3.64. The first-order valence-electron chi connectivity index (χ1n) is 3.10.